The molecule has 1 heterocycles. The molecule has 4 rings (SSSR count). The van der Waals surface area contributed by atoms with Crippen LogP contribution in [-0.4, -0.2) is 65.9 Å². The van der Waals surface area contributed by atoms with Crippen molar-refractivity contribution in [1.82, 2.24) is 4.90 Å². The van der Waals surface area contributed by atoms with E-state index in [0.29, 0.717) is 41.4 Å². The van der Waals surface area contributed by atoms with Crippen LogP contribution in [0.2, 0.25) is 5.02 Å². The fourth-order valence-corrected chi connectivity index (χ4v) is 5.05. The first kappa shape index (κ1) is 27.0. The second kappa shape index (κ2) is 11.6. The Labute approximate surface area is 226 Å². The van der Waals surface area contributed by atoms with Gasteiger partial charge in [0, 0.05) is 42.0 Å². The summed E-state index contributed by atoms with van der Waals surface area (Å²) < 4.78 is 5.15. The molecular weight excluding hydrogens is 508 g/mol. The second-order valence-electron chi connectivity index (χ2n) is 9.05. The van der Waals surface area contributed by atoms with Crippen molar-refractivity contribution in [2.24, 2.45) is 0 Å². The van der Waals surface area contributed by atoms with Crippen LogP contribution in [0, 0.1) is 0 Å². The molecule has 1 amide bonds. The molecular formula is C29H29ClN2O6. The number of phenols is 2. The van der Waals surface area contributed by atoms with Gasteiger partial charge in [0.05, 0.1) is 19.1 Å². The Morgan fingerprint density at radius 3 is 2.42 bits per heavy atom. The van der Waals surface area contributed by atoms with E-state index < -0.39 is 17.6 Å². The van der Waals surface area contributed by atoms with Crippen LogP contribution in [0.3, 0.4) is 0 Å². The molecule has 1 atom stereocenters. The van der Waals surface area contributed by atoms with Crippen molar-refractivity contribution in [3.8, 4) is 17.2 Å². The first-order valence-electron chi connectivity index (χ1n) is 12.3. The summed E-state index contributed by atoms with van der Waals surface area (Å²) in [6.07, 6.45) is 0.929. The number of ether oxygens (including phenoxy) is 1. The number of rotatable bonds is 8. The van der Waals surface area contributed by atoms with Gasteiger partial charge in [0.2, 0.25) is 5.91 Å². The lowest BCUT2D eigenvalue weighted by Gasteiger charge is -2.40. The average Bonchev–Trinajstić information content (AvgIpc) is 2.92. The fraction of sp³-hybridized carbons (Fsp3) is 0.276. The van der Waals surface area contributed by atoms with Gasteiger partial charge in [-0.1, -0.05) is 24.6 Å². The number of carbonyl (C=O) groups excluding carboxylic acids is 3. The van der Waals surface area contributed by atoms with Gasteiger partial charge in [0.15, 0.2) is 5.78 Å². The molecule has 0 aliphatic carbocycles. The van der Waals surface area contributed by atoms with Gasteiger partial charge in [-0.2, -0.15) is 0 Å². The average molecular weight is 537 g/mol. The Morgan fingerprint density at radius 2 is 1.79 bits per heavy atom. The maximum atomic E-state index is 13.5. The Morgan fingerprint density at radius 1 is 1.05 bits per heavy atom. The quantitative estimate of drug-likeness (QED) is 0.331. The summed E-state index contributed by atoms with van der Waals surface area (Å²) in [5.74, 6) is -0.802. The van der Waals surface area contributed by atoms with Crippen LogP contribution in [0.5, 0.6) is 17.2 Å². The molecule has 0 spiro atoms. The highest BCUT2D eigenvalue weighted by molar-refractivity contribution is 6.30. The van der Waals surface area contributed by atoms with E-state index in [1.54, 1.807) is 54.3 Å². The van der Waals surface area contributed by atoms with E-state index in [1.165, 1.54) is 7.11 Å². The summed E-state index contributed by atoms with van der Waals surface area (Å²) in [6.45, 7) is 2.72. The van der Waals surface area contributed by atoms with E-state index >= 15 is 0 Å². The molecule has 3 aromatic rings. The normalized spacial score (nSPS) is 15.3. The van der Waals surface area contributed by atoms with E-state index in [-0.39, 0.29) is 35.7 Å². The van der Waals surface area contributed by atoms with E-state index in [1.807, 2.05) is 11.0 Å². The van der Waals surface area contributed by atoms with Crippen molar-refractivity contribution in [2.45, 2.75) is 25.8 Å². The van der Waals surface area contributed by atoms with Crippen molar-refractivity contribution in [3.05, 3.63) is 81.9 Å². The number of piperazine rings is 1. The van der Waals surface area contributed by atoms with Crippen LogP contribution in [-0.2, 0) is 22.4 Å². The summed E-state index contributed by atoms with van der Waals surface area (Å²) in [5, 5.41) is 21.8. The van der Waals surface area contributed by atoms with Crippen LogP contribution < -0.4 is 9.64 Å². The van der Waals surface area contributed by atoms with Crippen molar-refractivity contribution < 1.29 is 29.3 Å². The third kappa shape index (κ3) is 5.45. The minimum Gasteiger partial charge on any atom is -0.508 e. The Bertz CT molecular complexity index is 1360. The highest BCUT2D eigenvalue weighted by atomic mass is 35.5. The van der Waals surface area contributed by atoms with Gasteiger partial charge in [-0.3, -0.25) is 9.59 Å². The molecule has 1 saturated heterocycles. The third-order valence-electron chi connectivity index (χ3n) is 6.83. The summed E-state index contributed by atoms with van der Waals surface area (Å²) in [5.41, 5.74) is 1.76. The largest absolute Gasteiger partial charge is 0.508 e. The SMILES string of the molecule is CCc1c(O)cc(O)c(C(=O)c2ccc(OC)cc2)c1CC(=O)N1CCN(c2cccc(Cl)c2)C(C=O)C1. The lowest BCUT2D eigenvalue weighted by Crippen LogP contribution is -2.56. The number of aldehydes is 1. The summed E-state index contributed by atoms with van der Waals surface area (Å²) in [4.78, 5) is 42.4. The third-order valence-corrected chi connectivity index (χ3v) is 7.07. The predicted molar refractivity (Wildman–Crippen MR) is 145 cm³/mol. The zero-order chi connectivity index (χ0) is 27.4. The zero-order valence-electron chi connectivity index (χ0n) is 21.2. The number of amides is 1. The zero-order valence-corrected chi connectivity index (χ0v) is 21.9. The topological polar surface area (TPSA) is 107 Å². The number of anilines is 1. The van der Waals surface area contributed by atoms with Crippen molar-refractivity contribution >= 4 is 35.3 Å². The van der Waals surface area contributed by atoms with Gasteiger partial charge in [-0.25, -0.2) is 0 Å². The lowest BCUT2D eigenvalue weighted by atomic mass is 9.89. The van der Waals surface area contributed by atoms with E-state index in [9.17, 15) is 24.6 Å². The van der Waals surface area contributed by atoms with Crippen LogP contribution in [0.25, 0.3) is 0 Å². The summed E-state index contributed by atoms with van der Waals surface area (Å²) >= 11 is 6.12. The van der Waals surface area contributed by atoms with Gasteiger partial charge < -0.3 is 29.5 Å². The number of carbonyl (C=O) groups is 3. The highest BCUT2D eigenvalue weighted by Gasteiger charge is 2.32. The lowest BCUT2D eigenvalue weighted by molar-refractivity contribution is -0.131. The Balaban J connectivity index is 1.62. The molecule has 0 radical (unpaired) electrons. The smallest absolute Gasteiger partial charge is 0.227 e. The maximum Gasteiger partial charge on any atom is 0.227 e. The number of nitrogens with zero attached hydrogens (tertiary/aromatic N) is 2. The Kier molecular flexibility index (Phi) is 8.22. The monoisotopic (exact) mass is 536 g/mol. The Hall–Kier alpha value is -4.04. The molecule has 0 aromatic heterocycles. The number of hydrogen-bond acceptors (Lipinski definition) is 7. The molecule has 3 aromatic carbocycles. The predicted octanol–water partition coefficient (Wildman–Crippen LogP) is 4.01. The molecule has 1 aliphatic heterocycles. The molecule has 9 heteroatoms. The fourth-order valence-electron chi connectivity index (χ4n) is 4.87. The van der Waals surface area contributed by atoms with E-state index in [2.05, 4.69) is 0 Å². The summed E-state index contributed by atoms with van der Waals surface area (Å²) in [7, 11) is 1.52. The number of benzene rings is 3. The first-order chi connectivity index (χ1) is 18.3. The van der Waals surface area contributed by atoms with Crippen molar-refractivity contribution in [2.75, 3.05) is 31.6 Å². The van der Waals surface area contributed by atoms with E-state index in [4.69, 9.17) is 16.3 Å². The van der Waals surface area contributed by atoms with Crippen LogP contribution >= 0.6 is 11.6 Å². The van der Waals surface area contributed by atoms with Gasteiger partial charge in [-0.15, -0.1) is 0 Å². The molecule has 198 valence electrons. The maximum absolute atomic E-state index is 13.5. The number of aromatic hydroxyl groups is 2. The number of methoxy groups -OCH3 is 1. The second-order valence-corrected chi connectivity index (χ2v) is 9.49. The van der Waals surface area contributed by atoms with Crippen LogP contribution in [0.4, 0.5) is 5.69 Å². The minimum absolute atomic E-state index is 0.0253. The minimum atomic E-state index is -0.574. The molecule has 2 N–H and O–H groups in total. The molecule has 1 unspecified atom stereocenters. The van der Waals surface area contributed by atoms with Gasteiger partial charge in [-0.05, 0) is 60.0 Å². The number of ketones is 1. The van der Waals surface area contributed by atoms with Gasteiger partial charge in [0.1, 0.15) is 29.6 Å². The van der Waals surface area contributed by atoms with E-state index in [0.717, 1.165) is 18.0 Å². The van der Waals surface area contributed by atoms with Gasteiger partial charge in [0.25, 0.3) is 0 Å². The molecule has 38 heavy (non-hydrogen) atoms. The van der Waals surface area contributed by atoms with Crippen LogP contribution in [0.15, 0.2) is 54.6 Å². The molecule has 0 bridgehead atoms. The highest BCUT2D eigenvalue weighted by Crippen LogP contribution is 2.35. The summed E-state index contributed by atoms with van der Waals surface area (Å²) in [6, 6.07) is 14.2. The van der Waals surface area contributed by atoms with Gasteiger partial charge >= 0.3 is 0 Å². The number of hydrogen-bond donors (Lipinski definition) is 2. The first-order valence-corrected chi connectivity index (χ1v) is 12.7. The molecule has 0 saturated carbocycles. The van der Waals surface area contributed by atoms with Crippen LogP contribution in [0.1, 0.15) is 34.0 Å². The number of phenolic OH excluding ortho intramolecular Hbond substituents is 2. The molecule has 1 aliphatic rings. The number of halogens is 1. The molecule has 8 nitrogen and oxygen atoms in total. The molecule has 1 fully saturated rings. The standard InChI is InChI=1S/C29H29ClN2O6/c1-3-23-24(28(26(35)15-25(23)34)29(37)18-7-9-22(38-2)10-8-18)14-27(36)31-11-12-32(21(16-31)17-33)20-6-4-5-19(30)13-20/h4-10,13,15,17,21,34-35H,3,11-12,14,16H2,1-2H3. The van der Waals surface area contributed by atoms with Crippen molar-refractivity contribution in [1.29, 1.82) is 0 Å². The van der Waals surface area contributed by atoms with Crippen molar-refractivity contribution in [3.63, 3.8) is 0 Å².